The van der Waals surface area contributed by atoms with Gasteiger partial charge in [-0.3, -0.25) is 9.59 Å². The zero-order valence-electron chi connectivity index (χ0n) is 13.0. The zero-order chi connectivity index (χ0) is 15.7. The lowest BCUT2D eigenvalue weighted by Crippen LogP contribution is -2.23. The standard InChI is InChI=1S/C16H25N3O2/c1-12(2)8-10-17-11-9-16(21)19-15-6-4-14(5-7-15)18-13(3)20/h4-7,12,17H,8-11H2,1-3H3,(H,18,20)(H,19,21). The number of carbonyl (C=O) groups is 2. The van der Waals surface area contributed by atoms with Gasteiger partial charge in [-0.15, -0.1) is 0 Å². The van der Waals surface area contributed by atoms with Crippen molar-refractivity contribution < 1.29 is 9.59 Å². The second kappa shape index (κ2) is 9.13. The summed E-state index contributed by atoms with van der Waals surface area (Å²) in [5.74, 6) is 0.548. The van der Waals surface area contributed by atoms with Crippen LogP contribution < -0.4 is 16.0 Å². The SMILES string of the molecule is CC(=O)Nc1ccc(NC(=O)CCNCCC(C)C)cc1. The number of hydrogen-bond donors (Lipinski definition) is 3. The first kappa shape index (κ1) is 17.2. The summed E-state index contributed by atoms with van der Waals surface area (Å²) in [7, 11) is 0. The second-order valence-electron chi connectivity index (χ2n) is 5.49. The minimum atomic E-state index is -0.112. The summed E-state index contributed by atoms with van der Waals surface area (Å²) in [6.45, 7) is 7.44. The van der Waals surface area contributed by atoms with Gasteiger partial charge in [0.2, 0.25) is 11.8 Å². The molecule has 5 heteroatoms. The molecule has 116 valence electrons. The Labute approximate surface area is 126 Å². The van der Waals surface area contributed by atoms with Crippen molar-refractivity contribution in [2.24, 2.45) is 5.92 Å². The van der Waals surface area contributed by atoms with Crippen molar-refractivity contribution in [3.8, 4) is 0 Å². The van der Waals surface area contributed by atoms with E-state index in [-0.39, 0.29) is 11.8 Å². The van der Waals surface area contributed by atoms with Crippen LogP contribution in [0.25, 0.3) is 0 Å². The van der Waals surface area contributed by atoms with Crippen LogP contribution in [0.3, 0.4) is 0 Å². The topological polar surface area (TPSA) is 70.2 Å². The Bertz CT molecular complexity index is 455. The lowest BCUT2D eigenvalue weighted by molar-refractivity contribution is -0.116. The van der Waals surface area contributed by atoms with E-state index in [4.69, 9.17) is 0 Å². The quantitative estimate of drug-likeness (QED) is 0.645. The predicted octanol–water partition coefficient (Wildman–Crippen LogP) is 2.61. The normalized spacial score (nSPS) is 10.5. The summed E-state index contributed by atoms with van der Waals surface area (Å²) in [4.78, 5) is 22.7. The van der Waals surface area contributed by atoms with E-state index in [1.165, 1.54) is 6.92 Å². The second-order valence-corrected chi connectivity index (χ2v) is 5.49. The number of hydrogen-bond acceptors (Lipinski definition) is 3. The molecule has 0 unspecified atom stereocenters. The van der Waals surface area contributed by atoms with Crippen LogP contribution in [0.15, 0.2) is 24.3 Å². The third kappa shape index (κ3) is 8.09. The third-order valence-corrected chi connectivity index (χ3v) is 2.92. The number of anilines is 2. The van der Waals surface area contributed by atoms with Crippen molar-refractivity contribution in [2.45, 2.75) is 33.6 Å². The van der Waals surface area contributed by atoms with E-state index in [1.807, 2.05) is 0 Å². The first-order chi connectivity index (χ1) is 9.97. The van der Waals surface area contributed by atoms with Gasteiger partial charge in [0.25, 0.3) is 0 Å². The number of nitrogens with one attached hydrogen (secondary N) is 3. The molecule has 0 saturated carbocycles. The van der Waals surface area contributed by atoms with E-state index < -0.39 is 0 Å². The van der Waals surface area contributed by atoms with Crippen LogP contribution in [0.1, 0.15) is 33.6 Å². The highest BCUT2D eigenvalue weighted by Crippen LogP contribution is 2.13. The summed E-state index contributed by atoms with van der Waals surface area (Å²) in [6, 6.07) is 7.07. The molecule has 1 rings (SSSR count). The highest BCUT2D eigenvalue weighted by atomic mass is 16.2. The fraction of sp³-hybridized carbons (Fsp3) is 0.500. The summed E-state index contributed by atoms with van der Waals surface area (Å²) < 4.78 is 0. The van der Waals surface area contributed by atoms with E-state index in [2.05, 4.69) is 29.8 Å². The van der Waals surface area contributed by atoms with Crippen LogP contribution in [0.4, 0.5) is 11.4 Å². The maximum Gasteiger partial charge on any atom is 0.225 e. The highest BCUT2D eigenvalue weighted by Gasteiger charge is 2.03. The molecule has 0 saturated heterocycles. The Morgan fingerprint density at radius 2 is 1.57 bits per heavy atom. The zero-order valence-corrected chi connectivity index (χ0v) is 13.0. The van der Waals surface area contributed by atoms with Gasteiger partial charge in [-0.2, -0.15) is 0 Å². The van der Waals surface area contributed by atoms with Crippen LogP contribution in [0.5, 0.6) is 0 Å². The molecule has 0 radical (unpaired) electrons. The van der Waals surface area contributed by atoms with E-state index in [1.54, 1.807) is 24.3 Å². The highest BCUT2D eigenvalue weighted by molar-refractivity contribution is 5.92. The monoisotopic (exact) mass is 291 g/mol. The van der Waals surface area contributed by atoms with Gasteiger partial charge in [0, 0.05) is 31.3 Å². The number of amides is 2. The summed E-state index contributed by atoms with van der Waals surface area (Å²) in [5.41, 5.74) is 1.45. The molecule has 0 aliphatic carbocycles. The van der Waals surface area contributed by atoms with Crippen molar-refractivity contribution >= 4 is 23.2 Å². The molecule has 0 spiro atoms. The van der Waals surface area contributed by atoms with Gasteiger partial charge in [-0.1, -0.05) is 13.8 Å². The van der Waals surface area contributed by atoms with Crippen LogP contribution >= 0.6 is 0 Å². The van der Waals surface area contributed by atoms with Crippen LogP contribution in [-0.4, -0.2) is 24.9 Å². The largest absolute Gasteiger partial charge is 0.326 e. The molecule has 0 aromatic heterocycles. The molecule has 0 atom stereocenters. The van der Waals surface area contributed by atoms with Gasteiger partial charge in [-0.05, 0) is 43.1 Å². The Kier molecular flexibility index (Phi) is 7.46. The Hall–Kier alpha value is -1.88. The molecule has 1 aromatic rings. The van der Waals surface area contributed by atoms with Gasteiger partial charge in [0.15, 0.2) is 0 Å². The van der Waals surface area contributed by atoms with Crippen LogP contribution in [-0.2, 0) is 9.59 Å². The molecule has 0 bridgehead atoms. The van der Waals surface area contributed by atoms with Crippen molar-refractivity contribution in [1.82, 2.24) is 5.32 Å². The third-order valence-electron chi connectivity index (χ3n) is 2.92. The number of benzene rings is 1. The summed E-state index contributed by atoms with van der Waals surface area (Å²) >= 11 is 0. The number of rotatable bonds is 8. The van der Waals surface area contributed by atoms with Crippen molar-refractivity contribution in [2.75, 3.05) is 23.7 Å². The fourth-order valence-corrected chi connectivity index (χ4v) is 1.78. The summed E-state index contributed by atoms with van der Waals surface area (Å²) in [6.07, 6.45) is 1.57. The minimum Gasteiger partial charge on any atom is -0.326 e. The van der Waals surface area contributed by atoms with Crippen LogP contribution in [0.2, 0.25) is 0 Å². The molecule has 5 nitrogen and oxygen atoms in total. The van der Waals surface area contributed by atoms with Crippen molar-refractivity contribution in [3.63, 3.8) is 0 Å². The average molecular weight is 291 g/mol. The molecule has 0 aliphatic rings. The van der Waals surface area contributed by atoms with Gasteiger partial charge in [0.05, 0.1) is 0 Å². The minimum absolute atomic E-state index is 0.0145. The molecule has 0 aliphatic heterocycles. The molecule has 0 fully saturated rings. The van der Waals surface area contributed by atoms with Gasteiger partial charge in [-0.25, -0.2) is 0 Å². The molecular weight excluding hydrogens is 266 g/mol. The first-order valence-corrected chi connectivity index (χ1v) is 7.35. The number of carbonyl (C=O) groups excluding carboxylic acids is 2. The fourth-order valence-electron chi connectivity index (χ4n) is 1.78. The van der Waals surface area contributed by atoms with E-state index in [9.17, 15) is 9.59 Å². The molecule has 1 aromatic carbocycles. The molecule has 0 heterocycles. The lowest BCUT2D eigenvalue weighted by Gasteiger charge is -2.08. The lowest BCUT2D eigenvalue weighted by atomic mass is 10.1. The molecular formula is C16H25N3O2. The maximum absolute atomic E-state index is 11.8. The molecule has 3 N–H and O–H groups in total. The van der Waals surface area contributed by atoms with E-state index in [0.717, 1.165) is 24.3 Å². The predicted molar refractivity (Wildman–Crippen MR) is 86.3 cm³/mol. The maximum atomic E-state index is 11.8. The van der Waals surface area contributed by atoms with E-state index >= 15 is 0 Å². The first-order valence-electron chi connectivity index (χ1n) is 7.35. The van der Waals surface area contributed by atoms with Crippen molar-refractivity contribution in [1.29, 1.82) is 0 Å². The Morgan fingerprint density at radius 3 is 2.10 bits per heavy atom. The Morgan fingerprint density at radius 1 is 1.00 bits per heavy atom. The van der Waals surface area contributed by atoms with Crippen molar-refractivity contribution in [3.05, 3.63) is 24.3 Å². The van der Waals surface area contributed by atoms with Gasteiger partial charge < -0.3 is 16.0 Å². The molecule has 2 amide bonds. The average Bonchev–Trinajstić information content (AvgIpc) is 2.39. The molecule has 21 heavy (non-hydrogen) atoms. The van der Waals surface area contributed by atoms with Gasteiger partial charge >= 0.3 is 0 Å². The Balaban J connectivity index is 2.26. The summed E-state index contributed by atoms with van der Waals surface area (Å²) in [5, 5.41) is 8.77. The van der Waals surface area contributed by atoms with Crippen LogP contribution in [0, 0.1) is 5.92 Å². The van der Waals surface area contributed by atoms with Gasteiger partial charge in [0.1, 0.15) is 0 Å². The van der Waals surface area contributed by atoms with E-state index in [0.29, 0.717) is 18.9 Å². The smallest absolute Gasteiger partial charge is 0.225 e.